The molecule has 2 aromatic rings. The molecular weight excluding hydrogens is 354 g/mol. The molecule has 1 fully saturated rings. The second-order valence-corrected chi connectivity index (χ2v) is 6.86. The van der Waals surface area contributed by atoms with E-state index in [0.717, 1.165) is 22.7 Å². The van der Waals surface area contributed by atoms with Crippen LogP contribution in [0.25, 0.3) is 0 Å². The number of hydrogen-bond donors (Lipinski definition) is 1. The van der Waals surface area contributed by atoms with Crippen molar-refractivity contribution < 1.29 is 14.3 Å². The van der Waals surface area contributed by atoms with Gasteiger partial charge in [-0.15, -0.1) is 0 Å². The predicted molar refractivity (Wildman–Crippen MR) is 111 cm³/mol. The molecule has 0 spiro atoms. The Labute approximate surface area is 166 Å². The first-order chi connectivity index (χ1) is 13.5. The summed E-state index contributed by atoms with van der Waals surface area (Å²) in [5, 5.41) is 3.00. The standard InChI is InChI=1S/C22H27N3O3/c1-4-24(18-10-12-20(13-11-18)28-5-2)22(27)23-17-14-21(26)25(15-17)19-8-6-16(3)7-9-19/h6-13,17H,4-5,14-15H2,1-3H3,(H,23,27)/t17-/m1/s1. The summed E-state index contributed by atoms with van der Waals surface area (Å²) < 4.78 is 5.45. The van der Waals surface area contributed by atoms with Gasteiger partial charge in [-0.3, -0.25) is 9.69 Å². The van der Waals surface area contributed by atoms with E-state index in [-0.39, 0.29) is 18.0 Å². The molecular formula is C22H27N3O3. The summed E-state index contributed by atoms with van der Waals surface area (Å²) in [6.07, 6.45) is 0.306. The summed E-state index contributed by atoms with van der Waals surface area (Å²) in [5.41, 5.74) is 2.81. The molecule has 0 unspecified atom stereocenters. The first-order valence-electron chi connectivity index (χ1n) is 9.69. The minimum atomic E-state index is -0.210. The Morgan fingerprint density at radius 3 is 2.43 bits per heavy atom. The molecule has 0 bridgehead atoms. The number of ether oxygens (including phenoxy) is 1. The Bertz CT molecular complexity index is 818. The summed E-state index contributed by atoms with van der Waals surface area (Å²) >= 11 is 0. The third-order valence-electron chi connectivity index (χ3n) is 4.82. The van der Waals surface area contributed by atoms with E-state index < -0.39 is 0 Å². The van der Waals surface area contributed by atoms with Crippen molar-refractivity contribution in [1.82, 2.24) is 5.32 Å². The number of hydrogen-bond acceptors (Lipinski definition) is 3. The van der Waals surface area contributed by atoms with Crippen molar-refractivity contribution in [3.05, 3.63) is 54.1 Å². The maximum absolute atomic E-state index is 12.8. The van der Waals surface area contributed by atoms with Crippen LogP contribution in [0.1, 0.15) is 25.8 Å². The highest BCUT2D eigenvalue weighted by atomic mass is 16.5. The van der Waals surface area contributed by atoms with Crippen molar-refractivity contribution >= 4 is 23.3 Å². The normalized spacial score (nSPS) is 16.2. The number of nitrogens with one attached hydrogen (secondary N) is 1. The quantitative estimate of drug-likeness (QED) is 0.829. The van der Waals surface area contributed by atoms with Crippen molar-refractivity contribution in [2.24, 2.45) is 0 Å². The van der Waals surface area contributed by atoms with Crippen LogP contribution in [-0.4, -0.2) is 37.7 Å². The van der Waals surface area contributed by atoms with E-state index in [4.69, 9.17) is 4.74 Å². The number of benzene rings is 2. The average Bonchev–Trinajstić information content (AvgIpc) is 3.04. The Morgan fingerprint density at radius 1 is 1.14 bits per heavy atom. The minimum Gasteiger partial charge on any atom is -0.494 e. The third-order valence-corrected chi connectivity index (χ3v) is 4.82. The van der Waals surface area contributed by atoms with Crippen molar-refractivity contribution in [3.8, 4) is 5.75 Å². The predicted octanol–water partition coefficient (Wildman–Crippen LogP) is 3.74. The summed E-state index contributed by atoms with van der Waals surface area (Å²) in [6.45, 7) is 7.48. The van der Waals surface area contributed by atoms with Gasteiger partial charge in [0.1, 0.15) is 5.75 Å². The first-order valence-corrected chi connectivity index (χ1v) is 9.69. The summed E-state index contributed by atoms with van der Waals surface area (Å²) in [4.78, 5) is 28.6. The van der Waals surface area contributed by atoms with Crippen molar-refractivity contribution in [2.45, 2.75) is 33.2 Å². The zero-order valence-corrected chi connectivity index (χ0v) is 16.6. The molecule has 3 rings (SSSR count). The fourth-order valence-corrected chi connectivity index (χ4v) is 3.36. The maximum Gasteiger partial charge on any atom is 0.322 e. The molecule has 1 N–H and O–H groups in total. The molecule has 148 valence electrons. The molecule has 2 aromatic carbocycles. The monoisotopic (exact) mass is 381 g/mol. The molecule has 0 aliphatic carbocycles. The molecule has 0 radical (unpaired) electrons. The Balaban J connectivity index is 1.64. The number of aryl methyl sites for hydroxylation is 1. The van der Waals surface area contributed by atoms with Gasteiger partial charge in [-0.05, 0) is 57.2 Å². The first kappa shape index (κ1) is 19.7. The lowest BCUT2D eigenvalue weighted by atomic mass is 10.2. The molecule has 1 atom stereocenters. The number of amides is 3. The van der Waals surface area contributed by atoms with Crippen LogP contribution in [0.5, 0.6) is 5.75 Å². The van der Waals surface area contributed by atoms with Crippen LogP contribution in [0.4, 0.5) is 16.2 Å². The number of anilines is 2. The van der Waals surface area contributed by atoms with Gasteiger partial charge >= 0.3 is 6.03 Å². The summed E-state index contributed by atoms with van der Waals surface area (Å²) in [6, 6.07) is 14.9. The largest absolute Gasteiger partial charge is 0.494 e. The zero-order chi connectivity index (χ0) is 20.1. The van der Waals surface area contributed by atoms with Crippen molar-refractivity contribution in [3.63, 3.8) is 0 Å². The Kier molecular flexibility index (Phi) is 6.19. The van der Waals surface area contributed by atoms with Crippen LogP contribution in [0.2, 0.25) is 0 Å². The number of nitrogens with zero attached hydrogens (tertiary/aromatic N) is 2. The summed E-state index contributed by atoms with van der Waals surface area (Å²) in [5.74, 6) is 0.802. The van der Waals surface area contributed by atoms with E-state index in [1.54, 1.807) is 9.80 Å². The molecule has 1 heterocycles. The molecule has 28 heavy (non-hydrogen) atoms. The zero-order valence-electron chi connectivity index (χ0n) is 16.6. The maximum atomic E-state index is 12.8. The lowest BCUT2D eigenvalue weighted by Gasteiger charge is -2.24. The molecule has 1 aliphatic rings. The lowest BCUT2D eigenvalue weighted by molar-refractivity contribution is -0.117. The number of carbonyl (C=O) groups excluding carboxylic acids is 2. The second kappa shape index (κ2) is 8.78. The molecule has 0 saturated carbocycles. The third kappa shape index (κ3) is 4.44. The number of urea groups is 1. The van der Waals surface area contributed by atoms with Crippen LogP contribution in [0.3, 0.4) is 0 Å². The van der Waals surface area contributed by atoms with E-state index in [1.165, 1.54) is 0 Å². The lowest BCUT2D eigenvalue weighted by Crippen LogP contribution is -2.46. The molecule has 6 nitrogen and oxygen atoms in total. The van der Waals surface area contributed by atoms with Crippen LogP contribution in [0.15, 0.2) is 48.5 Å². The molecule has 1 aliphatic heterocycles. The second-order valence-electron chi connectivity index (χ2n) is 6.86. The van der Waals surface area contributed by atoms with E-state index in [1.807, 2.05) is 69.3 Å². The van der Waals surface area contributed by atoms with Crippen LogP contribution < -0.4 is 19.9 Å². The SMILES string of the molecule is CCOc1ccc(N(CC)C(=O)N[C@@H]2CC(=O)N(c3ccc(C)cc3)C2)cc1. The fourth-order valence-electron chi connectivity index (χ4n) is 3.36. The highest BCUT2D eigenvalue weighted by Gasteiger charge is 2.32. The van der Waals surface area contributed by atoms with Crippen LogP contribution >= 0.6 is 0 Å². The van der Waals surface area contributed by atoms with Gasteiger partial charge in [-0.1, -0.05) is 17.7 Å². The van der Waals surface area contributed by atoms with Gasteiger partial charge < -0.3 is 15.0 Å². The van der Waals surface area contributed by atoms with Crippen molar-refractivity contribution in [1.29, 1.82) is 0 Å². The van der Waals surface area contributed by atoms with Crippen LogP contribution in [0, 0.1) is 6.92 Å². The smallest absolute Gasteiger partial charge is 0.322 e. The highest BCUT2D eigenvalue weighted by molar-refractivity contribution is 5.98. The van der Waals surface area contributed by atoms with Gasteiger partial charge in [0.2, 0.25) is 5.91 Å². The van der Waals surface area contributed by atoms with Gasteiger partial charge in [0.05, 0.1) is 12.6 Å². The van der Waals surface area contributed by atoms with Gasteiger partial charge in [0, 0.05) is 30.9 Å². The molecule has 1 saturated heterocycles. The fraction of sp³-hybridized carbons (Fsp3) is 0.364. The average molecular weight is 381 g/mol. The Hall–Kier alpha value is -3.02. The van der Waals surface area contributed by atoms with Gasteiger partial charge in [0.25, 0.3) is 0 Å². The Morgan fingerprint density at radius 2 is 1.82 bits per heavy atom. The van der Waals surface area contributed by atoms with Gasteiger partial charge in [0.15, 0.2) is 0 Å². The van der Waals surface area contributed by atoms with E-state index >= 15 is 0 Å². The molecule has 3 amide bonds. The van der Waals surface area contributed by atoms with Gasteiger partial charge in [-0.25, -0.2) is 4.79 Å². The minimum absolute atomic E-state index is 0.0262. The van der Waals surface area contributed by atoms with Gasteiger partial charge in [-0.2, -0.15) is 0 Å². The van der Waals surface area contributed by atoms with Crippen LogP contribution in [-0.2, 0) is 4.79 Å². The molecule has 0 aromatic heterocycles. The summed E-state index contributed by atoms with van der Waals surface area (Å²) in [7, 11) is 0. The van der Waals surface area contributed by atoms with E-state index in [9.17, 15) is 9.59 Å². The van der Waals surface area contributed by atoms with E-state index in [0.29, 0.717) is 26.1 Å². The number of rotatable bonds is 6. The van der Waals surface area contributed by atoms with Crippen molar-refractivity contribution in [2.75, 3.05) is 29.5 Å². The number of carbonyl (C=O) groups is 2. The molecule has 6 heteroatoms. The van der Waals surface area contributed by atoms with E-state index in [2.05, 4.69) is 5.32 Å². The highest BCUT2D eigenvalue weighted by Crippen LogP contribution is 2.23. The topological polar surface area (TPSA) is 61.9 Å².